The summed E-state index contributed by atoms with van der Waals surface area (Å²) in [6.07, 6.45) is 0. The summed E-state index contributed by atoms with van der Waals surface area (Å²) in [6.45, 7) is 4.70. The van der Waals surface area contributed by atoms with Crippen molar-refractivity contribution >= 4 is 167 Å². The topological polar surface area (TPSA) is 18.0 Å². The van der Waals surface area contributed by atoms with Crippen LogP contribution in [0.3, 0.4) is 0 Å². The highest BCUT2D eigenvalue weighted by Gasteiger charge is 2.37. The highest BCUT2D eigenvalue weighted by atomic mass is 32.1. The van der Waals surface area contributed by atoms with Crippen molar-refractivity contribution in [2.45, 2.75) is 19.3 Å². The quantitative estimate of drug-likeness (QED) is 0.148. The van der Waals surface area contributed by atoms with Crippen molar-refractivity contribution in [2.75, 3.05) is 4.90 Å². The minimum absolute atomic E-state index is 0.0769. The number of hydrogen-bond donors (Lipinski definition) is 0. The maximum Gasteiger partial charge on any atom is 0.0547 e. The Kier molecular flexibility index (Phi) is 14.1. The number of fused-ring (bicyclic) bond motifs is 18. The predicted octanol–water partition coefficient (Wildman–Crippen LogP) is 32.1. The lowest BCUT2D eigenvalue weighted by atomic mass is 9.82. The van der Waals surface area contributed by atoms with Gasteiger partial charge in [0.05, 0.1) is 33.1 Å². The fourth-order valence-corrected chi connectivity index (χ4v) is 23.3. The summed E-state index contributed by atoms with van der Waals surface area (Å²) in [7, 11) is 0. The van der Waals surface area contributed by atoms with Gasteiger partial charge in [-0.05, 0) is 256 Å². The standard InChI is InChI=1S/C61H40N2S.C52H30N2S/c1-61(2)52-19-8-6-15-44(52)45-32-31-43(34-53(45)61)62(40-13-4-3-5-14-40)41-27-22-37(23-28-41)38-24-29-42(30-25-38)63-54-20-11-18-48-50-36-57-51(46-16-7-9-21-56(46)64-57)35-49(50)47-17-10-12-39-26-33-55(63)60(58(39)47)59(48)54;1-4-15-44-36(10-1)37-11-2-5-16-45(37)53(44)34-24-19-31(20-25-34)32-21-26-35(27-22-32)54-46-17-8-14-40-42-30-49-43(38-12-3-6-18-48(38)55-49)29-41(42)39-13-7-9-33-23-28-47(54)52(50(33)39)51(40)46/h3-36H,1-2H3;1-30H. The third-order valence-electron chi connectivity index (χ3n) is 26.4. The first-order valence-corrected chi connectivity index (χ1v) is 42.8. The van der Waals surface area contributed by atoms with Crippen LogP contribution in [-0.2, 0) is 5.41 Å². The smallest absolute Gasteiger partial charge is 0.0547 e. The fraction of sp³-hybridized carbons (Fsp3) is 0.0265. The van der Waals surface area contributed by atoms with E-state index in [0.717, 1.165) is 22.7 Å². The van der Waals surface area contributed by atoms with E-state index in [2.05, 4.69) is 421 Å². The van der Waals surface area contributed by atoms with Gasteiger partial charge in [0.1, 0.15) is 0 Å². The summed E-state index contributed by atoms with van der Waals surface area (Å²) in [5.41, 5.74) is 34.9. The molecule has 554 valence electrons. The molecule has 0 fully saturated rings. The maximum atomic E-state index is 2.48. The molecule has 3 aliphatic rings. The molecule has 6 heteroatoms. The molecule has 0 radical (unpaired) electrons. The SMILES string of the molecule is CC1(C)c2ccccc2-c2ccc(N(c3ccccc3)c3ccc(-c4ccc(-n5c6cccc7c6c6c8c(cccc8ccc65)-c5cc6c(cc5-7)sc5ccccc56)cc4)cc3)cc21.c1cc2c3c(c1)ccc1c3c3c(cccc3n1-c1ccc(-c3ccc(-n4c5ccccc5c5ccccc54)cc3)cc1)-c1cc3sc4ccccc4c3cc1-2. The zero-order valence-electron chi connectivity index (χ0n) is 65.1. The number of anilines is 3. The van der Waals surface area contributed by atoms with Gasteiger partial charge in [-0.2, -0.15) is 0 Å². The molecule has 119 heavy (non-hydrogen) atoms. The van der Waals surface area contributed by atoms with Crippen molar-refractivity contribution in [1.82, 2.24) is 13.7 Å². The van der Waals surface area contributed by atoms with Crippen LogP contribution in [-0.4, -0.2) is 13.7 Å². The molecular weight excluding hydrogens is 1480 g/mol. The summed E-state index contributed by atoms with van der Waals surface area (Å²) in [5.74, 6) is 0. The molecule has 0 amide bonds. The number of para-hydroxylation sites is 3. The second-order valence-corrected chi connectivity index (χ2v) is 35.1. The molecule has 5 heterocycles. The van der Waals surface area contributed by atoms with Gasteiger partial charge in [-0.15, -0.1) is 22.7 Å². The van der Waals surface area contributed by atoms with Gasteiger partial charge >= 0.3 is 0 Å². The first-order valence-electron chi connectivity index (χ1n) is 41.2. The normalized spacial score (nSPS) is 12.9. The molecule has 0 bridgehead atoms. The molecule has 0 saturated carbocycles. The molecule has 4 nitrogen and oxygen atoms in total. The van der Waals surface area contributed by atoms with Crippen LogP contribution in [0.1, 0.15) is 25.0 Å². The molecule has 0 saturated heterocycles. The van der Waals surface area contributed by atoms with E-state index in [9.17, 15) is 0 Å². The second kappa shape index (κ2) is 25.2. The Morgan fingerprint density at radius 1 is 0.210 bits per heavy atom. The molecule has 0 atom stereocenters. The van der Waals surface area contributed by atoms with Gasteiger partial charge < -0.3 is 18.6 Å². The summed E-state index contributed by atoms with van der Waals surface area (Å²) in [6, 6.07) is 145. The Balaban J connectivity index is 0.000000130. The van der Waals surface area contributed by atoms with Crippen LogP contribution in [0, 0.1) is 0 Å². The number of aromatic nitrogens is 3. The van der Waals surface area contributed by atoms with Crippen LogP contribution >= 0.6 is 22.7 Å². The molecule has 0 spiro atoms. The van der Waals surface area contributed by atoms with Gasteiger partial charge in [0.25, 0.3) is 0 Å². The van der Waals surface area contributed by atoms with E-state index in [1.807, 2.05) is 22.7 Å². The number of thiophene rings is 2. The average Bonchev–Trinajstić information content (AvgIpc) is 1.54. The van der Waals surface area contributed by atoms with Gasteiger partial charge in [0, 0.05) is 112 Å². The van der Waals surface area contributed by atoms with E-state index in [1.54, 1.807) is 0 Å². The van der Waals surface area contributed by atoms with Crippen molar-refractivity contribution in [3.8, 4) is 95.0 Å². The molecule has 0 N–H and O–H groups in total. The van der Waals surface area contributed by atoms with Crippen LogP contribution in [0.25, 0.3) is 222 Å². The van der Waals surface area contributed by atoms with Crippen LogP contribution < -0.4 is 4.90 Å². The summed E-state index contributed by atoms with van der Waals surface area (Å²) in [5, 5.41) is 18.5. The fourth-order valence-electron chi connectivity index (χ4n) is 21.0. The molecular formula is C113H70N4S2. The van der Waals surface area contributed by atoms with E-state index in [-0.39, 0.29) is 5.41 Å². The van der Waals surface area contributed by atoms with Gasteiger partial charge in [0.15, 0.2) is 0 Å². The van der Waals surface area contributed by atoms with Crippen molar-refractivity contribution in [1.29, 1.82) is 0 Å². The predicted molar refractivity (Wildman–Crippen MR) is 509 cm³/mol. The Hall–Kier alpha value is -14.7. The summed E-state index contributed by atoms with van der Waals surface area (Å²) in [4.78, 5) is 2.39. The van der Waals surface area contributed by atoms with Crippen molar-refractivity contribution in [2.24, 2.45) is 0 Å². The molecule has 5 aromatic heterocycles. The lowest BCUT2D eigenvalue weighted by Gasteiger charge is -2.28. The molecule has 0 aliphatic heterocycles. The van der Waals surface area contributed by atoms with Crippen molar-refractivity contribution in [3.05, 3.63) is 399 Å². The second-order valence-electron chi connectivity index (χ2n) is 32.9. The van der Waals surface area contributed by atoms with Gasteiger partial charge in [-0.25, -0.2) is 0 Å². The molecule has 27 rings (SSSR count). The number of benzene rings is 19. The Bertz CT molecular complexity index is 8430. The zero-order chi connectivity index (χ0) is 78.0. The van der Waals surface area contributed by atoms with E-state index >= 15 is 0 Å². The largest absolute Gasteiger partial charge is 0.310 e. The molecule has 3 aliphatic carbocycles. The monoisotopic (exact) mass is 1550 g/mol. The van der Waals surface area contributed by atoms with Crippen LogP contribution in [0.4, 0.5) is 17.1 Å². The Morgan fingerprint density at radius 3 is 1.08 bits per heavy atom. The molecule has 24 aromatic rings. The third-order valence-corrected chi connectivity index (χ3v) is 28.6. The highest BCUT2D eigenvalue weighted by Crippen LogP contribution is 2.56. The lowest BCUT2D eigenvalue weighted by molar-refractivity contribution is 0.660. The van der Waals surface area contributed by atoms with Gasteiger partial charge in [0.2, 0.25) is 0 Å². The first kappa shape index (κ1) is 66.6. The summed E-state index contributed by atoms with van der Waals surface area (Å²) < 4.78 is 12.7. The van der Waals surface area contributed by atoms with E-state index in [1.165, 1.54) is 228 Å². The minimum Gasteiger partial charge on any atom is -0.310 e. The van der Waals surface area contributed by atoms with Gasteiger partial charge in [-0.3, -0.25) is 0 Å². The van der Waals surface area contributed by atoms with Crippen molar-refractivity contribution in [3.63, 3.8) is 0 Å². The first-order chi connectivity index (χ1) is 58.8. The molecule has 19 aromatic carbocycles. The lowest BCUT2D eigenvalue weighted by Crippen LogP contribution is -2.16. The van der Waals surface area contributed by atoms with Crippen molar-refractivity contribution < 1.29 is 0 Å². The molecule has 0 unspecified atom stereocenters. The average molecular weight is 1550 g/mol. The summed E-state index contributed by atoms with van der Waals surface area (Å²) >= 11 is 3.79. The van der Waals surface area contributed by atoms with Crippen LogP contribution in [0.15, 0.2) is 388 Å². The van der Waals surface area contributed by atoms with Gasteiger partial charge in [-0.1, -0.05) is 257 Å². The Labute approximate surface area is 694 Å². The van der Waals surface area contributed by atoms with Crippen LogP contribution in [0.2, 0.25) is 0 Å². The minimum atomic E-state index is -0.0769. The number of nitrogens with zero attached hydrogens (tertiary/aromatic N) is 4. The van der Waals surface area contributed by atoms with E-state index < -0.39 is 0 Å². The van der Waals surface area contributed by atoms with E-state index in [0.29, 0.717) is 0 Å². The highest BCUT2D eigenvalue weighted by molar-refractivity contribution is 7.26. The van der Waals surface area contributed by atoms with Crippen LogP contribution in [0.5, 0.6) is 0 Å². The number of hydrogen-bond acceptors (Lipinski definition) is 3. The maximum absolute atomic E-state index is 2.48. The van der Waals surface area contributed by atoms with E-state index in [4.69, 9.17) is 0 Å². The zero-order valence-corrected chi connectivity index (χ0v) is 66.7. The number of rotatable bonds is 8. The third kappa shape index (κ3) is 9.67. The Morgan fingerprint density at radius 2 is 0.571 bits per heavy atom.